The molecule has 0 radical (unpaired) electrons. The maximum Gasteiger partial charge on any atom is 0.239 e. The minimum Gasteiger partial charge on any atom is -0.497 e. The summed E-state index contributed by atoms with van der Waals surface area (Å²) in [5.41, 5.74) is 0.948. The lowest BCUT2D eigenvalue weighted by Gasteiger charge is -2.21. The monoisotopic (exact) mass is 306 g/mol. The molecule has 1 heterocycles. The van der Waals surface area contributed by atoms with Crippen LogP contribution < -0.4 is 15.4 Å². The highest BCUT2D eigenvalue weighted by Crippen LogP contribution is 2.14. The first-order valence-corrected chi connectivity index (χ1v) is 7.44. The standard InChI is InChI=1S/C16H22N2O4/c1-21-14-4-2-3-12(9-14)10-17-15(19)11-18-16(20)13-5-7-22-8-6-13/h2-4,9,13H,5-8,10-11H2,1H3,(H,17,19)(H,18,20). The highest BCUT2D eigenvalue weighted by molar-refractivity contribution is 5.85. The van der Waals surface area contributed by atoms with Crippen molar-refractivity contribution in [1.29, 1.82) is 0 Å². The summed E-state index contributed by atoms with van der Waals surface area (Å²) in [6, 6.07) is 7.48. The van der Waals surface area contributed by atoms with Crippen LogP contribution >= 0.6 is 0 Å². The zero-order valence-corrected chi connectivity index (χ0v) is 12.8. The number of nitrogens with one attached hydrogen (secondary N) is 2. The topological polar surface area (TPSA) is 76.7 Å². The fourth-order valence-electron chi connectivity index (χ4n) is 2.32. The molecule has 22 heavy (non-hydrogen) atoms. The predicted octanol–water partition coefficient (Wildman–Crippen LogP) is 0.854. The molecule has 120 valence electrons. The van der Waals surface area contributed by atoms with Gasteiger partial charge in [-0.15, -0.1) is 0 Å². The molecule has 2 amide bonds. The Morgan fingerprint density at radius 1 is 1.27 bits per heavy atom. The number of benzene rings is 1. The van der Waals surface area contributed by atoms with Crippen molar-refractivity contribution in [3.05, 3.63) is 29.8 Å². The first-order chi connectivity index (χ1) is 10.7. The maximum absolute atomic E-state index is 11.9. The van der Waals surface area contributed by atoms with Gasteiger partial charge in [-0.05, 0) is 30.5 Å². The van der Waals surface area contributed by atoms with Crippen molar-refractivity contribution in [2.24, 2.45) is 5.92 Å². The fourth-order valence-corrected chi connectivity index (χ4v) is 2.32. The van der Waals surface area contributed by atoms with Crippen molar-refractivity contribution in [2.75, 3.05) is 26.9 Å². The molecular weight excluding hydrogens is 284 g/mol. The summed E-state index contributed by atoms with van der Waals surface area (Å²) in [6.07, 6.45) is 1.44. The van der Waals surface area contributed by atoms with Crippen molar-refractivity contribution >= 4 is 11.8 Å². The normalized spacial score (nSPS) is 15.1. The smallest absolute Gasteiger partial charge is 0.239 e. The van der Waals surface area contributed by atoms with Crippen LogP contribution in [0.1, 0.15) is 18.4 Å². The van der Waals surface area contributed by atoms with Gasteiger partial charge < -0.3 is 20.1 Å². The van der Waals surface area contributed by atoms with E-state index in [4.69, 9.17) is 9.47 Å². The third-order valence-electron chi connectivity index (χ3n) is 3.64. The molecule has 0 aliphatic carbocycles. The van der Waals surface area contributed by atoms with Gasteiger partial charge in [0.1, 0.15) is 5.75 Å². The number of amides is 2. The van der Waals surface area contributed by atoms with Crippen molar-refractivity contribution in [3.8, 4) is 5.75 Å². The molecule has 6 nitrogen and oxygen atoms in total. The van der Waals surface area contributed by atoms with Gasteiger partial charge in [0, 0.05) is 25.7 Å². The van der Waals surface area contributed by atoms with E-state index in [2.05, 4.69) is 10.6 Å². The van der Waals surface area contributed by atoms with E-state index in [1.807, 2.05) is 24.3 Å². The number of rotatable bonds is 6. The molecule has 0 saturated carbocycles. The van der Waals surface area contributed by atoms with Crippen LogP contribution in [0.25, 0.3) is 0 Å². The van der Waals surface area contributed by atoms with Crippen LogP contribution in [-0.2, 0) is 20.9 Å². The van der Waals surface area contributed by atoms with E-state index >= 15 is 0 Å². The number of hydrogen-bond donors (Lipinski definition) is 2. The molecule has 1 fully saturated rings. The Bertz CT molecular complexity index is 513. The second-order valence-electron chi connectivity index (χ2n) is 5.23. The zero-order chi connectivity index (χ0) is 15.8. The van der Waals surface area contributed by atoms with E-state index in [1.165, 1.54) is 0 Å². The van der Waals surface area contributed by atoms with Crippen molar-refractivity contribution in [2.45, 2.75) is 19.4 Å². The second kappa shape index (κ2) is 8.38. The minimum atomic E-state index is -0.205. The second-order valence-corrected chi connectivity index (χ2v) is 5.23. The molecule has 1 saturated heterocycles. The van der Waals surface area contributed by atoms with Crippen LogP contribution in [-0.4, -0.2) is 38.7 Å². The number of carbonyl (C=O) groups is 2. The largest absolute Gasteiger partial charge is 0.497 e. The highest BCUT2D eigenvalue weighted by Gasteiger charge is 2.21. The van der Waals surface area contributed by atoms with E-state index in [1.54, 1.807) is 7.11 Å². The molecule has 2 N–H and O–H groups in total. The van der Waals surface area contributed by atoms with Crippen molar-refractivity contribution in [3.63, 3.8) is 0 Å². The van der Waals surface area contributed by atoms with Gasteiger partial charge in [0.15, 0.2) is 0 Å². The van der Waals surface area contributed by atoms with Crippen LogP contribution in [0.4, 0.5) is 0 Å². The average molecular weight is 306 g/mol. The van der Waals surface area contributed by atoms with Gasteiger partial charge in [-0.25, -0.2) is 0 Å². The third-order valence-corrected chi connectivity index (χ3v) is 3.64. The van der Waals surface area contributed by atoms with Gasteiger partial charge in [0.05, 0.1) is 13.7 Å². The zero-order valence-electron chi connectivity index (χ0n) is 12.8. The lowest BCUT2D eigenvalue weighted by molar-refractivity contribution is -0.130. The van der Waals surface area contributed by atoms with Crippen LogP contribution in [0.5, 0.6) is 5.75 Å². The summed E-state index contributed by atoms with van der Waals surface area (Å²) < 4.78 is 10.3. The summed E-state index contributed by atoms with van der Waals surface area (Å²) in [7, 11) is 1.60. The molecule has 1 aromatic rings. The van der Waals surface area contributed by atoms with E-state index in [9.17, 15) is 9.59 Å². The molecular formula is C16H22N2O4. The molecule has 2 rings (SSSR count). The molecule has 0 unspecified atom stereocenters. The summed E-state index contributed by atoms with van der Waals surface area (Å²) >= 11 is 0. The van der Waals surface area contributed by atoms with E-state index in [0.717, 1.165) is 24.2 Å². The van der Waals surface area contributed by atoms with Crippen molar-refractivity contribution < 1.29 is 19.1 Å². The lowest BCUT2D eigenvalue weighted by atomic mass is 9.99. The maximum atomic E-state index is 11.9. The number of methoxy groups -OCH3 is 1. The number of ether oxygens (including phenoxy) is 2. The Balaban J connectivity index is 1.70. The van der Waals surface area contributed by atoms with Gasteiger partial charge in [0.2, 0.25) is 11.8 Å². The molecule has 0 bridgehead atoms. The van der Waals surface area contributed by atoms with Gasteiger partial charge >= 0.3 is 0 Å². The Kier molecular flexibility index (Phi) is 6.21. The molecule has 6 heteroatoms. The highest BCUT2D eigenvalue weighted by atomic mass is 16.5. The Hall–Kier alpha value is -2.08. The summed E-state index contributed by atoms with van der Waals surface area (Å²) in [6.45, 7) is 1.63. The van der Waals surface area contributed by atoms with Gasteiger partial charge in [-0.2, -0.15) is 0 Å². The van der Waals surface area contributed by atoms with Crippen LogP contribution in [0, 0.1) is 5.92 Å². The molecule has 0 aromatic heterocycles. The summed E-state index contributed by atoms with van der Waals surface area (Å²) in [5, 5.41) is 5.45. The van der Waals surface area contributed by atoms with E-state index in [0.29, 0.717) is 19.8 Å². The quantitative estimate of drug-likeness (QED) is 0.817. The summed E-state index contributed by atoms with van der Waals surface area (Å²) in [5.74, 6) is 0.433. The molecule has 1 aromatic carbocycles. The average Bonchev–Trinajstić information content (AvgIpc) is 2.58. The Labute approximate surface area is 130 Å². The van der Waals surface area contributed by atoms with E-state index < -0.39 is 0 Å². The van der Waals surface area contributed by atoms with E-state index in [-0.39, 0.29) is 24.3 Å². The molecule has 1 aliphatic rings. The first kappa shape index (κ1) is 16.3. The van der Waals surface area contributed by atoms with Gasteiger partial charge in [-0.3, -0.25) is 9.59 Å². The first-order valence-electron chi connectivity index (χ1n) is 7.44. The Morgan fingerprint density at radius 2 is 2.05 bits per heavy atom. The van der Waals surface area contributed by atoms with Crippen molar-refractivity contribution in [1.82, 2.24) is 10.6 Å². The SMILES string of the molecule is COc1cccc(CNC(=O)CNC(=O)C2CCOCC2)c1. The lowest BCUT2D eigenvalue weighted by Crippen LogP contribution is -2.40. The van der Waals surface area contributed by atoms with Crippen LogP contribution in [0.3, 0.4) is 0 Å². The fraction of sp³-hybridized carbons (Fsp3) is 0.500. The Morgan fingerprint density at radius 3 is 2.77 bits per heavy atom. The third kappa shape index (κ3) is 5.04. The molecule has 0 spiro atoms. The number of hydrogen-bond acceptors (Lipinski definition) is 4. The summed E-state index contributed by atoms with van der Waals surface area (Å²) in [4.78, 5) is 23.7. The van der Waals surface area contributed by atoms with Crippen LogP contribution in [0.15, 0.2) is 24.3 Å². The number of carbonyl (C=O) groups excluding carboxylic acids is 2. The van der Waals surface area contributed by atoms with Gasteiger partial charge in [0.25, 0.3) is 0 Å². The molecule has 1 aliphatic heterocycles. The molecule has 0 atom stereocenters. The van der Waals surface area contributed by atoms with Crippen LogP contribution in [0.2, 0.25) is 0 Å². The van der Waals surface area contributed by atoms with Gasteiger partial charge in [-0.1, -0.05) is 12.1 Å². The minimum absolute atomic E-state index is 0.000158. The predicted molar refractivity (Wildman–Crippen MR) is 81.4 cm³/mol.